The number of rotatable bonds is 4. The van der Waals surface area contributed by atoms with Crippen molar-refractivity contribution in [2.45, 2.75) is 61.1 Å². The molecule has 2 heterocycles. The van der Waals surface area contributed by atoms with Crippen LogP contribution in [0, 0.1) is 0 Å². The minimum absolute atomic E-state index is 0.0435. The van der Waals surface area contributed by atoms with Crippen molar-refractivity contribution in [2.75, 3.05) is 33.7 Å². The molecule has 8 heteroatoms. The molecule has 2 saturated heterocycles. The molecule has 168 valence electrons. The predicted octanol–water partition coefficient (Wildman–Crippen LogP) is 0.705. The molecule has 0 aromatic heterocycles. The summed E-state index contributed by atoms with van der Waals surface area (Å²) in [6, 6.07) is 4.92. The van der Waals surface area contributed by atoms with Gasteiger partial charge >= 0.3 is 6.03 Å². The molecular formula is C23H32N4O4. The standard InChI is InChI=1S/C23H32N4O4/c1-26(2)9-3-10-27-11-8-21-14-22(19(29)24-20(30)25-22)6-7-23(21,31)18(27)12-15-4-5-16(28)13-17(15)21/h4-5,13,18,28,31H,3,6-12,14H2,1-2H3,(H2,24,25,29,30). The van der Waals surface area contributed by atoms with Crippen molar-refractivity contribution in [1.82, 2.24) is 20.4 Å². The highest BCUT2D eigenvalue weighted by Crippen LogP contribution is 2.60. The van der Waals surface area contributed by atoms with Gasteiger partial charge in [-0.15, -0.1) is 0 Å². The third kappa shape index (κ3) is 2.92. The molecule has 2 aliphatic heterocycles. The molecule has 2 bridgehead atoms. The number of carbonyl (C=O) groups is 2. The number of nitrogens with one attached hydrogen (secondary N) is 2. The molecule has 4 N–H and O–H groups in total. The normalized spacial score (nSPS) is 36.8. The number of phenols is 1. The first-order valence-corrected chi connectivity index (χ1v) is 11.3. The number of hydrogen-bond acceptors (Lipinski definition) is 6. The van der Waals surface area contributed by atoms with Gasteiger partial charge in [0.1, 0.15) is 11.3 Å². The van der Waals surface area contributed by atoms with E-state index in [1.165, 1.54) is 0 Å². The van der Waals surface area contributed by atoms with E-state index in [1.807, 2.05) is 6.07 Å². The third-order valence-corrected chi connectivity index (χ3v) is 8.27. The van der Waals surface area contributed by atoms with Gasteiger partial charge in [0.2, 0.25) is 0 Å². The van der Waals surface area contributed by atoms with Crippen molar-refractivity contribution in [2.24, 2.45) is 0 Å². The van der Waals surface area contributed by atoms with Gasteiger partial charge in [0.25, 0.3) is 5.91 Å². The second kappa shape index (κ2) is 6.92. The van der Waals surface area contributed by atoms with E-state index in [2.05, 4.69) is 34.5 Å². The predicted molar refractivity (Wildman–Crippen MR) is 115 cm³/mol. The minimum Gasteiger partial charge on any atom is -0.508 e. The molecule has 5 rings (SSSR count). The van der Waals surface area contributed by atoms with Gasteiger partial charge in [0.15, 0.2) is 0 Å². The molecule has 4 unspecified atom stereocenters. The lowest BCUT2D eigenvalue weighted by Gasteiger charge is -2.65. The molecule has 1 aromatic carbocycles. The molecule has 31 heavy (non-hydrogen) atoms. The average Bonchev–Trinajstić information content (AvgIpc) is 2.97. The highest BCUT2D eigenvalue weighted by Gasteiger charge is 2.69. The SMILES string of the molecule is CN(C)CCCN1CCC23CC4(CCC2(O)C1Cc1ccc(O)cc13)NC(=O)NC4=O. The average molecular weight is 429 g/mol. The molecule has 0 radical (unpaired) electrons. The van der Waals surface area contributed by atoms with Crippen molar-refractivity contribution < 1.29 is 19.8 Å². The molecular weight excluding hydrogens is 396 g/mol. The monoisotopic (exact) mass is 428 g/mol. The van der Waals surface area contributed by atoms with E-state index < -0.39 is 22.6 Å². The number of fused-ring (bicyclic) bond motifs is 1. The number of benzene rings is 1. The molecule has 2 aliphatic carbocycles. The van der Waals surface area contributed by atoms with E-state index in [0.717, 1.165) is 43.6 Å². The maximum absolute atomic E-state index is 12.8. The van der Waals surface area contributed by atoms with Crippen LogP contribution in [0.5, 0.6) is 5.75 Å². The Kier molecular flexibility index (Phi) is 4.63. The van der Waals surface area contributed by atoms with Gasteiger partial charge < -0.3 is 20.4 Å². The van der Waals surface area contributed by atoms with Gasteiger partial charge in [-0.1, -0.05) is 6.07 Å². The van der Waals surface area contributed by atoms with Crippen molar-refractivity contribution in [3.05, 3.63) is 29.3 Å². The van der Waals surface area contributed by atoms with Gasteiger partial charge in [-0.3, -0.25) is 15.0 Å². The number of likely N-dealkylation sites (tertiary alicyclic amines) is 1. The molecule has 1 aromatic rings. The number of hydrogen-bond donors (Lipinski definition) is 4. The number of urea groups is 1. The Morgan fingerprint density at radius 1 is 1.23 bits per heavy atom. The zero-order valence-electron chi connectivity index (χ0n) is 18.3. The summed E-state index contributed by atoms with van der Waals surface area (Å²) in [5.41, 5.74) is -0.641. The number of piperidine rings is 1. The quantitative estimate of drug-likeness (QED) is 0.527. The van der Waals surface area contributed by atoms with Crippen LogP contribution in [0.2, 0.25) is 0 Å². The van der Waals surface area contributed by atoms with E-state index >= 15 is 0 Å². The number of carbonyl (C=O) groups excluding carboxylic acids is 2. The van der Waals surface area contributed by atoms with Crippen molar-refractivity contribution in [1.29, 1.82) is 0 Å². The summed E-state index contributed by atoms with van der Waals surface area (Å²) in [6.45, 7) is 2.73. The van der Waals surface area contributed by atoms with E-state index in [4.69, 9.17) is 0 Å². The van der Waals surface area contributed by atoms with Crippen LogP contribution in [0.4, 0.5) is 4.79 Å². The summed E-state index contributed by atoms with van der Waals surface area (Å²) in [4.78, 5) is 29.4. The highest BCUT2D eigenvalue weighted by molar-refractivity contribution is 6.07. The molecule has 4 aliphatic rings. The van der Waals surface area contributed by atoms with Crippen LogP contribution >= 0.6 is 0 Å². The van der Waals surface area contributed by atoms with Crippen molar-refractivity contribution in [3.8, 4) is 5.75 Å². The number of nitrogens with zero attached hydrogens (tertiary/aromatic N) is 2. The van der Waals surface area contributed by atoms with Crippen molar-refractivity contribution in [3.63, 3.8) is 0 Å². The summed E-state index contributed by atoms with van der Waals surface area (Å²) < 4.78 is 0. The topological polar surface area (TPSA) is 105 Å². The number of aliphatic hydroxyl groups is 1. The number of amides is 3. The molecule has 8 nitrogen and oxygen atoms in total. The summed E-state index contributed by atoms with van der Waals surface area (Å²) in [5, 5.41) is 27.9. The molecule has 4 atom stereocenters. The summed E-state index contributed by atoms with van der Waals surface area (Å²) >= 11 is 0. The van der Waals surface area contributed by atoms with E-state index in [-0.39, 0.29) is 17.7 Å². The Morgan fingerprint density at radius 3 is 2.74 bits per heavy atom. The molecule has 1 spiro atoms. The lowest BCUT2D eigenvalue weighted by molar-refractivity contribution is -0.180. The largest absolute Gasteiger partial charge is 0.508 e. The summed E-state index contributed by atoms with van der Waals surface area (Å²) in [7, 11) is 4.14. The second-order valence-corrected chi connectivity index (χ2v) is 10.2. The Morgan fingerprint density at radius 2 is 2.03 bits per heavy atom. The number of aromatic hydroxyl groups is 1. The Balaban J connectivity index is 1.57. The number of imide groups is 1. The summed E-state index contributed by atoms with van der Waals surface area (Å²) in [6.07, 6.45) is 3.64. The van der Waals surface area contributed by atoms with Crippen LogP contribution < -0.4 is 10.6 Å². The zero-order valence-corrected chi connectivity index (χ0v) is 18.3. The highest BCUT2D eigenvalue weighted by atomic mass is 16.3. The van der Waals surface area contributed by atoms with Crippen LogP contribution in [0.25, 0.3) is 0 Å². The van der Waals surface area contributed by atoms with Crippen molar-refractivity contribution >= 4 is 11.9 Å². The fraction of sp³-hybridized carbons (Fsp3) is 0.652. The van der Waals surface area contributed by atoms with Gasteiger partial charge in [-0.05, 0) is 95.5 Å². The first kappa shape index (κ1) is 20.7. The Labute approximate surface area is 182 Å². The number of phenolic OH excluding ortho intramolecular Hbond substituents is 1. The van der Waals surface area contributed by atoms with Gasteiger partial charge in [0.05, 0.1) is 5.60 Å². The van der Waals surface area contributed by atoms with Gasteiger partial charge in [-0.2, -0.15) is 0 Å². The van der Waals surface area contributed by atoms with Crippen LogP contribution in [-0.4, -0.2) is 82.9 Å². The molecule has 3 amide bonds. The third-order valence-electron chi connectivity index (χ3n) is 8.27. The Hall–Kier alpha value is -2.16. The van der Waals surface area contributed by atoms with Crippen LogP contribution in [0.1, 0.15) is 43.2 Å². The lowest BCUT2D eigenvalue weighted by Crippen LogP contribution is -2.76. The zero-order chi connectivity index (χ0) is 22.0. The fourth-order valence-corrected chi connectivity index (χ4v) is 6.83. The van der Waals surface area contributed by atoms with E-state index in [1.54, 1.807) is 12.1 Å². The summed E-state index contributed by atoms with van der Waals surface area (Å²) in [5.74, 6) is -0.131. The maximum Gasteiger partial charge on any atom is 0.322 e. The maximum atomic E-state index is 12.8. The Bertz CT molecular complexity index is 936. The minimum atomic E-state index is -1.01. The van der Waals surface area contributed by atoms with Crippen LogP contribution in [-0.2, 0) is 16.6 Å². The first-order valence-electron chi connectivity index (χ1n) is 11.3. The fourth-order valence-electron chi connectivity index (χ4n) is 6.83. The second-order valence-electron chi connectivity index (χ2n) is 10.2. The van der Waals surface area contributed by atoms with Crippen LogP contribution in [0.3, 0.4) is 0 Å². The van der Waals surface area contributed by atoms with Crippen LogP contribution in [0.15, 0.2) is 18.2 Å². The molecule has 1 saturated carbocycles. The van der Waals surface area contributed by atoms with Gasteiger partial charge in [0, 0.05) is 11.5 Å². The first-order chi connectivity index (χ1) is 14.7. The lowest BCUT2D eigenvalue weighted by atomic mass is 9.46. The van der Waals surface area contributed by atoms with E-state index in [0.29, 0.717) is 25.7 Å². The van der Waals surface area contributed by atoms with E-state index in [9.17, 15) is 19.8 Å². The van der Waals surface area contributed by atoms with Gasteiger partial charge in [-0.25, -0.2) is 4.79 Å². The smallest absolute Gasteiger partial charge is 0.322 e. The molecule has 3 fully saturated rings.